The summed E-state index contributed by atoms with van der Waals surface area (Å²) in [5.41, 5.74) is 3.87. The number of imidazole rings is 1. The predicted molar refractivity (Wildman–Crippen MR) is 141 cm³/mol. The molecule has 10 nitrogen and oxygen atoms in total. The van der Waals surface area contributed by atoms with E-state index in [0.717, 1.165) is 24.1 Å². The van der Waals surface area contributed by atoms with Crippen molar-refractivity contribution in [3.8, 4) is 17.3 Å². The van der Waals surface area contributed by atoms with Crippen LogP contribution in [0.1, 0.15) is 41.4 Å². The molecule has 2 fully saturated rings. The first kappa shape index (κ1) is 24.3. The number of pyridine rings is 1. The van der Waals surface area contributed by atoms with Gasteiger partial charge >= 0.3 is 0 Å². The average Bonchev–Trinajstić information content (AvgIpc) is 3.51. The van der Waals surface area contributed by atoms with E-state index in [1.54, 1.807) is 24.4 Å². The molecule has 1 saturated heterocycles. The first-order chi connectivity index (χ1) is 18.3. The molecule has 3 aromatic heterocycles. The summed E-state index contributed by atoms with van der Waals surface area (Å²) in [6, 6.07) is 9.06. The molecule has 194 valence electrons. The number of nitrogens with one attached hydrogen (secondary N) is 1. The van der Waals surface area contributed by atoms with Gasteiger partial charge in [-0.15, -0.1) is 0 Å². The molecule has 11 heteroatoms. The molecule has 0 spiro atoms. The molecule has 1 N–H and O–H groups in total. The van der Waals surface area contributed by atoms with Crippen LogP contribution in [0.2, 0.25) is 5.02 Å². The number of fused-ring (bicyclic) bond motifs is 1. The quantitative estimate of drug-likeness (QED) is 0.405. The molecule has 0 atom stereocenters. The van der Waals surface area contributed by atoms with Crippen molar-refractivity contribution in [3.05, 3.63) is 64.7 Å². The summed E-state index contributed by atoms with van der Waals surface area (Å²) in [6.07, 6.45) is 5.17. The number of hydrogen-bond donors (Lipinski definition) is 1. The Morgan fingerprint density at radius 3 is 2.76 bits per heavy atom. The van der Waals surface area contributed by atoms with Crippen LogP contribution in [0.15, 0.2) is 42.9 Å². The van der Waals surface area contributed by atoms with Gasteiger partial charge < -0.3 is 19.5 Å². The van der Waals surface area contributed by atoms with E-state index in [9.17, 15) is 9.59 Å². The van der Waals surface area contributed by atoms with Crippen LogP contribution in [-0.2, 0) is 11.3 Å². The number of aryl methyl sites for hydroxylation is 1. The van der Waals surface area contributed by atoms with E-state index in [2.05, 4.69) is 20.3 Å². The zero-order valence-corrected chi connectivity index (χ0v) is 21.8. The lowest BCUT2D eigenvalue weighted by Crippen LogP contribution is -2.49. The standard InChI is InChI=1S/C27H26ClN7O3/c1-16-5-8-29-18(11-16)13-35-23(33-22-24(35)31-15-32-25(22)38-27(2)6-7-27)19-4-3-17(12-20(19)28)26(37)34-10-9-30-21(36)14-34/h3-5,8,11-12,15H,6-7,9-10,13-14H2,1-2H3,(H,30,36). The number of nitrogens with zero attached hydrogens (tertiary/aromatic N) is 6. The Labute approximate surface area is 224 Å². The summed E-state index contributed by atoms with van der Waals surface area (Å²) in [5.74, 6) is 0.574. The highest BCUT2D eigenvalue weighted by Crippen LogP contribution is 2.41. The van der Waals surface area contributed by atoms with Gasteiger partial charge in [0.05, 0.1) is 23.8 Å². The minimum absolute atomic E-state index is 0.0257. The molecule has 1 aromatic carbocycles. The number of carbonyl (C=O) groups excluding carboxylic acids is 2. The zero-order chi connectivity index (χ0) is 26.4. The van der Waals surface area contributed by atoms with E-state index in [0.29, 0.717) is 58.7 Å². The van der Waals surface area contributed by atoms with Crippen molar-refractivity contribution in [1.82, 2.24) is 34.7 Å². The number of rotatable bonds is 6. The highest BCUT2D eigenvalue weighted by atomic mass is 35.5. The van der Waals surface area contributed by atoms with Crippen LogP contribution in [-0.4, -0.2) is 66.5 Å². The van der Waals surface area contributed by atoms with E-state index >= 15 is 0 Å². The van der Waals surface area contributed by atoms with E-state index in [1.165, 1.54) is 11.2 Å². The van der Waals surface area contributed by atoms with Crippen LogP contribution < -0.4 is 10.1 Å². The molecule has 0 bridgehead atoms. The van der Waals surface area contributed by atoms with Crippen LogP contribution >= 0.6 is 11.6 Å². The first-order valence-corrected chi connectivity index (χ1v) is 12.9. The molecule has 4 aromatic rings. The Morgan fingerprint density at radius 2 is 2.03 bits per heavy atom. The minimum atomic E-state index is -0.245. The number of ether oxygens (including phenoxy) is 1. The highest BCUT2D eigenvalue weighted by Gasteiger charge is 2.41. The van der Waals surface area contributed by atoms with Crippen molar-refractivity contribution in [1.29, 1.82) is 0 Å². The Morgan fingerprint density at radius 1 is 1.18 bits per heavy atom. The summed E-state index contributed by atoms with van der Waals surface area (Å²) in [4.78, 5) is 44.7. The van der Waals surface area contributed by atoms with Gasteiger partial charge in [0.2, 0.25) is 11.8 Å². The number of halogens is 1. The molecule has 2 aliphatic rings. The van der Waals surface area contributed by atoms with Crippen molar-refractivity contribution < 1.29 is 14.3 Å². The normalized spacial score (nSPS) is 16.4. The van der Waals surface area contributed by atoms with E-state index in [1.807, 2.05) is 30.5 Å². The smallest absolute Gasteiger partial charge is 0.254 e. The lowest BCUT2D eigenvalue weighted by molar-refractivity contribution is -0.123. The lowest BCUT2D eigenvalue weighted by Gasteiger charge is -2.26. The van der Waals surface area contributed by atoms with Gasteiger partial charge in [0, 0.05) is 30.4 Å². The van der Waals surface area contributed by atoms with Crippen molar-refractivity contribution in [2.24, 2.45) is 0 Å². The predicted octanol–water partition coefficient (Wildman–Crippen LogP) is 3.40. The molecule has 38 heavy (non-hydrogen) atoms. The molecular weight excluding hydrogens is 506 g/mol. The van der Waals surface area contributed by atoms with Crippen molar-refractivity contribution in [2.75, 3.05) is 19.6 Å². The summed E-state index contributed by atoms with van der Waals surface area (Å²) in [7, 11) is 0. The van der Waals surface area contributed by atoms with Crippen LogP contribution in [0.25, 0.3) is 22.6 Å². The first-order valence-electron chi connectivity index (χ1n) is 12.5. The summed E-state index contributed by atoms with van der Waals surface area (Å²) in [5, 5.41) is 3.09. The minimum Gasteiger partial charge on any atom is -0.470 e. The second-order valence-corrected chi connectivity index (χ2v) is 10.4. The van der Waals surface area contributed by atoms with E-state index in [-0.39, 0.29) is 24.0 Å². The molecule has 1 aliphatic heterocycles. The van der Waals surface area contributed by atoms with Crippen molar-refractivity contribution in [3.63, 3.8) is 0 Å². The van der Waals surface area contributed by atoms with Gasteiger partial charge in [-0.3, -0.25) is 14.6 Å². The molecule has 2 amide bonds. The Bertz CT molecular complexity index is 1580. The van der Waals surface area contributed by atoms with Gasteiger partial charge in [-0.1, -0.05) is 11.6 Å². The third kappa shape index (κ3) is 4.67. The van der Waals surface area contributed by atoms with Gasteiger partial charge in [0.25, 0.3) is 5.91 Å². The molecule has 1 saturated carbocycles. The van der Waals surface area contributed by atoms with Crippen LogP contribution in [0, 0.1) is 6.92 Å². The highest BCUT2D eigenvalue weighted by molar-refractivity contribution is 6.33. The lowest BCUT2D eigenvalue weighted by atomic mass is 10.1. The number of amides is 2. The molecule has 0 unspecified atom stereocenters. The maximum atomic E-state index is 13.0. The number of hydrogen-bond acceptors (Lipinski definition) is 7. The summed E-state index contributed by atoms with van der Waals surface area (Å²) < 4.78 is 8.14. The number of carbonyl (C=O) groups is 2. The van der Waals surface area contributed by atoms with E-state index in [4.69, 9.17) is 21.3 Å². The van der Waals surface area contributed by atoms with Crippen LogP contribution in [0.4, 0.5) is 0 Å². The second kappa shape index (κ2) is 9.36. The van der Waals surface area contributed by atoms with Gasteiger partial charge in [-0.2, -0.15) is 4.98 Å². The van der Waals surface area contributed by atoms with E-state index < -0.39 is 0 Å². The Kier molecular flexibility index (Phi) is 5.98. The maximum absolute atomic E-state index is 13.0. The fourth-order valence-electron chi connectivity index (χ4n) is 4.53. The number of aromatic nitrogens is 5. The third-order valence-corrected chi connectivity index (χ3v) is 7.18. The Hall–Kier alpha value is -4.05. The number of benzene rings is 1. The SMILES string of the molecule is Cc1ccnc(Cn2c(-c3ccc(C(=O)N4CCNC(=O)C4)cc3Cl)nc3c(OC4(C)CC4)ncnc32)c1. The summed E-state index contributed by atoms with van der Waals surface area (Å²) in [6.45, 7) is 5.37. The Balaban J connectivity index is 1.43. The average molecular weight is 532 g/mol. The molecule has 4 heterocycles. The molecule has 0 radical (unpaired) electrons. The van der Waals surface area contributed by atoms with Crippen molar-refractivity contribution >= 4 is 34.6 Å². The summed E-state index contributed by atoms with van der Waals surface area (Å²) >= 11 is 6.77. The largest absolute Gasteiger partial charge is 0.470 e. The van der Waals surface area contributed by atoms with Crippen LogP contribution in [0.5, 0.6) is 5.88 Å². The topological polar surface area (TPSA) is 115 Å². The fraction of sp³-hybridized carbons (Fsp3) is 0.333. The second-order valence-electron chi connectivity index (χ2n) is 10.0. The third-order valence-electron chi connectivity index (χ3n) is 6.87. The monoisotopic (exact) mass is 531 g/mol. The number of piperazine rings is 1. The molecular formula is C27H26ClN7O3. The van der Waals surface area contributed by atoms with Crippen LogP contribution in [0.3, 0.4) is 0 Å². The molecule has 6 rings (SSSR count). The molecule has 1 aliphatic carbocycles. The van der Waals surface area contributed by atoms with Gasteiger partial charge in [0.1, 0.15) is 17.8 Å². The zero-order valence-electron chi connectivity index (χ0n) is 21.1. The fourth-order valence-corrected chi connectivity index (χ4v) is 4.79. The van der Waals surface area contributed by atoms with Gasteiger partial charge in [-0.05, 0) is 62.6 Å². The maximum Gasteiger partial charge on any atom is 0.254 e. The van der Waals surface area contributed by atoms with Gasteiger partial charge in [0.15, 0.2) is 11.2 Å². The van der Waals surface area contributed by atoms with Crippen molar-refractivity contribution in [2.45, 2.75) is 38.8 Å². The van der Waals surface area contributed by atoms with Gasteiger partial charge in [-0.25, -0.2) is 9.97 Å².